The zero-order chi connectivity index (χ0) is 23.7. The lowest BCUT2D eigenvalue weighted by Crippen LogP contribution is -2.20. The molecule has 0 aliphatic carbocycles. The summed E-state index contributed by atoms with van der Waals surface area (Å²) in [6.07, 6.45) is 0. The van der Waals surface area contributed by atoms with E-state index in [0.717, 1.165) is 16.3 Å². The van der Waals surface area contributed by atoms with Crippen LogP contribution in [-0.4, -0.2) is 21.7 Å². The standard InChI is InChI=1S/C28H20ClN3O2/c1-17(19-15-14-18-8-2-3-9-20(18)27(19)33)31-32-28(34)23-16-26(22-11-4-6-12-24(22)29)30-25-13-7-5-10-21(23)25/h2-16,33H,1H3,(H,32,34). The number of carbonyl (C=O) groups is 1. The van der Waals surface area contributed by atoms with E-state index >= 15 is 0 Å². The molecule has 4 aromatic carbocycles. The summed E-state index contributed by atoms with van der Waals surface area (Å²) in [5, 5.41) is 17.9. The molecular weight excluding hydrogens is 446 g/mol. The van der Waals surface area contributed by atoms with Crippen molar-refractivity contribution in [2.45, 2.75) is 6.92 Å². The van der Waals surface area contributed by atoms with Crippen molar-refractivity contribution in [2.24, 2.45) is 5.10 Å². The van der Waals surface area contributed by atoms with Gasteiger partial charge in [0.1, 0.15) is 5.75 Å². The maximum Gasteiger partial charge on any atom is 0.272 e. The minimum atomic E-state index is -0.383. The minimum absolute atomic E-state index is 0.129. The largest absolute Gasteiger partial charge is 0.507 e. The van der Waals surface area contributed by atoms with E-state index in [2.05, 4.69) is 10.5 Å². The van der Waals surface area contributed by atoms with E-state index in [1.54, 1.807) is 25.1 Å². The van der Waals surface area contributed by atoms with E-state index in [-0.39, 0.29) is 11.7 Å². The van der Waals surface area contributed by atoms with E-state index in [1.165, 1.54) is 0 Å². The summed E-state index contributed by atoms with van der Waals surface area (Å²) in [5.74, 6) is -0.254. The zero-order valence-electron chi connectivity index (χ0n) is 18.3. The molecule has 1 amide bonds. The summed E-state index contributed by atoms with van der Waals surface area (Å²) in [6.45, 7) is 1.74. The quantitative estimate of drug-likeness (QED) is 0.233. The lowest BCUT2D eigenvalue weighted by atomic mass is 10.0. The number of phenols is 1. The first-order valence-electron chi connectivity index (χ1n) is 10.7. The molecule has 5 aromatic rings. The monoisotopic (exact) mass is 465 g/mol. The first-order chi connectivity index (χ1) is 16.5. The number of nitrogens with one attached hydrogen (secondary N) is 1. The average molecular weight is 466 g/mol. The number of hydrazone groups is 1. The molecule has 0 atom stereocenters. The number of para-hydroxylation sites is 1. The van der Waals surface area contributed by atoms with Gasteiger partial charge in [-0.15, -0.1) is 0 Å². The van der Waals surface area contributed by atoms with Crippen LogP contribution in [0.2, 0.25) is 5.02 Å². The zero-order valence-corrected chi connectivity index (χ0v) is 19.0. The second-order valence-corrected chi connectivity index (χ2v) is 8.28. The molecule has 0 spiro atoms. The predicted octanol–water partition coefficient (Wildman–Crippen LogP) is 6.57. The number of hydrogen-bond acceptors (Lipinski definition) is 4. The van der Waals surface area contributed by atoms with Gasteiger partial charge in [-0.25, -0.2) is 10.4 Å². The maximum absolute atomic E-state index is 13.2. The fourth-order valence-corrected chi connectivity index (χ4v) is 4.20. The van der Waals surface area contributed by atoms with Crippen LogP contribution in [0.5, 0.6) is 5.75 Å². The molecule has 1 aromatic heterocycles. The number of benzene rings is 4. The molecule has 1 heterocycles. The summed E-state index contributed by atoms with van der Waals surface area (Å²) >= 11 is 6.38. The first kappa shape index (κ1) is 21.6. The van der Waals surface area contributed by atoms with E-state index in [4.69, 9.17) is 16.6 Å². The number of amides is 1. The Hall–Kier alpha value is -4.22. The number of carbonyl (C=O) groups excluding carboxylic acids is 1. The highest BCUT2D eigenvalue weighted by molar-refractivity contribution is 6.33. The van der Waals surface area contributed by atoms with Crippen LogP contribution in [0.25, 0.3) is 32.9 Å². The number of nitrogens with zero attached hydrogens (tertiary/aromatic N) is 2. The van der Waals surface area contributed by atoms with Crippen LogP contribution < -0.4 is 5.43 Å². The molecule has 0 saturated carbocycles. The molecule has 0 aliphatic rings. The van der Waals surface area contributed by atoms with Crippen LogP contribution in [0.1, 0.15) is 22.8 Å². The Bertz CT molecular complexity index is 1590. The number of phenolic OH excluding ortho intramolecular Hbond substituents is 1. The Balaban J connectivity index is 1.52. The summed E-state index contributed by atoms with van der Waals surface area (Å²) in [7, 11) is 0. The van der Waals surface area contributed by atoms with E-state index in [0.29, 0.717) is 38.5 Å². The number of hydrogen-bond donors (Lipinski definition) is 2. The normalized spacial score (nSPS) is 11.6. The highest BCUT2D eigenvalue weighted by atomic mass is 35.5. The molecule has 2 N–H and O–H groups in total. The van der Waals surface area contributed by atoms with Crippen LogP contribution in [0.15, 0.2) is 96.1 Å². The van der Waals surface area contributed by atoms with Gasteiger partial charge in [0.25, 0.3) is 5.91 Å². The van der Waals surface area contributed by atoms with Crippen LogP contribution in [-0.2, 0) is 0 Å². The highest BCUT2D eigenvalue weighted by Gasteiger charge is 2.16. The lowest BCUT2D eigenvalue weighted by Gasteiger charge is -2.11. The number of halogens is 1. The van der Waals surface area contributed by atoms with Gasteiger partial charge in [0.05, 0.1) is 22.5 Å². The van der Waals surface area contributed by atoms with Crippen molar-refractivity contribution in [1.29, 1.82) is 0 Å². The third kappa shape index (κ3) is 3.98. The number of aromatic nitrogens is 1. The van der Waals surface area contributed by atoms with Gasteiger partial charge >= 0.3 is 0 Å². The van der Waals surface area contributed by atoms with Crippen LogP contribution in [0.3, 0.4) is 0 Å². The van der Waals surface area contributed by atoms with Gasteiger partial charge in [0.2, 0.25) is 0 Å². The van der Waals surface area contributed by atoms with Gasteiger partial charge < -0.3 is 5.11 Å². The molecule has 5 nitrogen and oxygen atoms in total. The number of fused-ring (bicyclic) bond motifs is 2. The molecule has 0 aliphatic heterocycles. The van der Waals surface area contributed by atoms with Crippen molar-refractivity contribution in [3.8, 4) is 17.0 Å². The molecular formula is C28H20ClN3O2. The number of rotatable bonds is 4. The molecule has 0 radical (unpaired) electrons. The van der Waals surface area contributed by atoms with E-state index < -0.39 is 0 Å². The molecule has 6 heteroatoms. The Kier molecular flexibility index (Phi) is 5.70. The molecule has 166 valence electrons. The average Bonchev–Trinajstić information content (AvgIpc) is 2.87. The maximum atomic E-state index is 13.2. The summed E-state index contributed by atoms with van der Waals surface area (Å²) in [6, 6.07) is 27.8. The Morgan fingerprint density at radius 2 is 1.59 bits per heavy atom. The van der Waals surface area contributed by atoms with Gasteiger partial charge in [-0.05, 0) is 36.6 Å². The smallest absolute Gasteiger partial charge is 0.272 e. The van der Waals surface area contributed by atoms with E-state index in [1.807, 2.05) is 72.8 Å². The van der Waals surface area contributed by atoms with E-state index in [9.17, 15) is 9.90 Å². The molecule has 0 fully saturated rings. The third-order valence-corrected chi connectivity index (χ3v) is 6.06. The van der Waals surface area contributed by atoms with Crippen molar-refractivity contribution in [2.75, 3.05) is 0 Å². The molecule has 0 unspecified atom stereocenters. The summed E-state index contributed by atoms with van der Waals surface area (Å²) < 4.78 is 0. The second kappa shape index (κ2) is 8.96. The molecule has 0 saturated heterocycles. The van der Waals surface area contributed by atoms with Crippen LogP contribution >= 0.6 is 11.6 Å². The van der Waals surface area contributed by atoms with Crippen molar-refractivity contribution >= 4 is 44.9 Å². The van der Waals surface area contributed by atoms with Crippen LogP contribution in [0, 0.1) is 0 Å². The Morgan fingerprint density at radius 1 is 0.882 bits per heavy atom. The lowest BCUT2D eigenvalue weighted by molar-refractivity contribution is 0.0956. The number of aromatic hydroxyl groups is 1. The van der Waals surface area contributed by atoms with Gasteiger partial charge in [-0.1, -0.05) is 78.3 Å². The van der Waals surface area contributed by atoms with Gasteiger partial charge in [-0.2, -0.15) is 5.10 Å². The fraction of sp³-hybridized carbons (Fsp3) is 0.0357. The van der Waals surface area contributed by atoms with Gasteiger partial charge in [0, 0.05) is 26.9 Å². The Morgan fingerprint density at radius 3 is 2.41 bits per heavy atom. The predicted molar refractivity (Wildman–Crippen MR) is 137 cm³/mol. The minimum Gasteiger partial charge on any atom is -0.507 e. The van der Waals surface area contributed by atoms with Crippen molar-refractivity contribution in [1.82, 2.24) is 10.4 Å². The summed E-state index contributed by atoms with van der Waals surface area (Å²) in [4.78, 5) is 17.9. The van der Waals surface area contributed by atoms with Crippen LogP contribution in [0.4, 0.5) is 0 Å². The van der Waals surface area contributed by atoms with Gasteiger partial charge in [-0.3, -0.25) is 4.79 Å². The summed E-state index contributed by atoms with van der Waals surface area (Å²) in [5.41, 5.74) is 6.12. The molecule has 5 rings (SSSR count). The van der Waals surface area contributed by atoms with Crippen molar-refractivity contribution in [3.05, 3.63) is 107 Å². The molecule has 34 heavy (non-hydrogen) atoms. The van der Waals surface area contributed by atoms with Crippen molar-refractivity contribution in [3.63, 3.8) is 0 Å². The topological polar surface area (TPSA) is 74.6 Å². The second-order valence-electron chi connectivity index (χ2n) is 7.87. The number of pyridine rings is 1. The fourth-order valence-electron chi connectivity index (χ4n) is 3.97. The highest BCUT2D eigenvalue weighted by Crippen LogP contribution is 2.30. The van der Waals surface area contributed by atoms with Gasteiger partial charge in [0.15, 0.2) is 0 Å². The third-order valence-electron chi connectivity index (χ3n) is 5.73. The Labute approximate surface area is 201 Å². The first-order valence-corrected chi connectivity index (χ1v) is 11.1. The molecule has 0 bridgehead atoms. The van der Waals surface area contributed by atoms with Crippen molar-refractivity contribution < 1.29 is 9.90 Å². The SMILES string of the molecule is CC(=NNC(=O)c1cc(-c2ccccc2Cl)nc2ccccc12)c1ccc2ccccc2c1O.